The predicted octanol–water partition coefficient (Wildman–Crippen LogP) is 4.13. The summed E-state index contributed by atoms with van der Waals surface area (Å²) >= 11 is 0. The van der Waals surface area contributed by atoms with E-state index in [0.717, 1.165) is 25.3 Å². The molecule has 0 radical (unpaired) electrons. The first-order valence-electron chi connectivity index (χ1n) is 10.2. The Bertz CT molecular complexity index is 1010. The summed E-state index contributed by atoms with van der Waals surface area (Å²) in [5.74, 6) is -1.18. The third-order valence-electron chi connectivity index (χ3n) is 4.81. The Morgan fingerprint density at radius 2 is 1.97 bits per heavy atom. The maximum absolute atomic E-state index is 13.0. The predicted molar refractivity (Wildman–Crippen MR) is 109 cm³/mol. The number of benzene rings is 1. The summed E-state index contributed by atoms with van der Waals surface area (Å²) in [6, 6.07) is 5.86. The smallest absolute Gasteiger partial charge is 0.477 e. The van der Waals surface area contributed by atoms with Crippen molar-refractivity contribution in [1.82, 2.24) is 4.98 Å². The Balaban J connectivity index is 1.93. The quantitative estimate of drug-likeness (QED) is 0.454. The van der Waals surface area contributed by atoms with Gasteiger partial charge in [0.05, 0.1) is 13.2 Å². The molecule has 1 aromatic carbocycles. The van der Waals surface area contributed by atoms with Crippen LogP contribution in [0.1, 0.15) is 49.3 Å². The highest BCUT2D eigenvalue weighted by molar-refractivity contribution is 6.61. The van der Waals surface area contributed by atoms with E-state index in [0.29, 0.717) is 23.0 Å². The van der Waals surface area contributed by atoms with Crippen LogP contribution < -0.4 is 19.7 Å². The summed E-state index contributed by atoms with van der Waals surface area (Å²) in [7, 11) is -1.07. The van der Waals surface area contributed by atoms with Crippen LogP contribution in [-0.2, 0) is 11.3 Å². The van der Waals surface area contributed by atoms with Gasteiger partial charge in [-0.15, -0.1) is 13.2 Å². The van der Waals surface area contributed by atoms with E-state index < -0.39 is 25.1 Å². The highest BCUT2D eigenvalue weighted by atomic mass is 19.4. The number of alkyl halides is 3. The van der Waals surface area contributed by atoms with Gasteiger partial charge in [0.25, 0.3) is 5.88 Å². The molecule has 11 heteroatoms. The van der Waals surface area contributed by atoms with Crippen LogP contribution in [0.3, 0.4) is 0 Å². The fraction of sp³-hybridized carbons (Fsp3) is 0.429. The van der Waals surface area contributed by atoms with Gasteiger partial charge in [-0.2, -0.15) is 10.2 Å². The molecule has 32 heavy (non-hydrogen) atoms. The molecule has 7 nitrogen and oxygen atoms in total. The number of hydrogen-bond donors (Lipinski definition) is 1. The number of nitrogens with zero attached hydrogens (tertiary/aromatic N) is 2. The van der Waals surface area contributed by atoms with Crippen molar-refractivity contribution in [2.75, 3.05) is 6.61 Å². The van der Waals surface area contributed by atoms with Crippen molar-refractivity contribution in [3.05, 3.63) is 34.9 Å². The van der Waals surface area contributed by atoms with Gasteiger partial charge in [0.15, 0.2) is 5.75 Å². The largest absolute Gasteiger partial charge is 0.573 e. The molecule has 0 atom stereocenters. The van der Waals surface area contributed by atoms with Crippen LogP contribution in [0.5, 0.6) is 23.3 Å². The Kier molecular flexibility index (Phi) is 7.48. The molecule has 1 aliphatic heterocycles. The first-order chi connectivity index (χ1) is 15.2. The minimum absolute atomic E-state index is 0.131. The second-order valence-electron chi connectivity index (χ2n) is 7.30. The molecule has 1 aliphatic rings. The highest BCUT2D eigenvalue weighted by Crippen LogP contribution is 2.38. The Labute approximate surface area is 183 Å². The summed E-state index contributed by atoms with van der Waals surface area (Å²) in [6.07, 6.45) is -1.33. The number of aryl methyl sites for hydroxylation is 1. The molecule has 2 aromatic rings. The zero-order valence-corrected chi connectivity index (χ0v) is 17.7. The van der Waals surface area contributed by atoms with E-state index in [-0.39, 0.29) is 30.4 Å². The summed E-state index contributed by atoms with van der Waals surface area (Å²) in [6.45, 7) is 4.12. The SMILES string of the molecule is CCCCCCOc1nc(Oc2cc3c(cc2C)B(O)OC3)c(OC(F)(F)F)cc1C#N. The van der Waals surface area contributed by atoms with Gasteiger partial charge in [-0.25, -0.2) is 0 Å². The minimum Gasteiger partial charge on any atom is -0.477 e. The average molecular weight is 450 g/mol. The van der Waals surface area contributed by atoms with Crippen LogP contribution in [0.25, 0.3) is 0 Å². The van der Waals surface area contributed by atoms with Crippen LogP contribution in [0, 0.1) is 18.3 Å². The Morgan fingerprint density at radius 3 is 2.66 bits per heavy atom. The van der Waals surface area contributed by atoms with Gasteiger partial charge in [-0.05, 0) is 36.0 Å². The van der Waals surface area contributed by atoms with Crippen molar-refractivity contribution >= 4 is 12.6 Å². The maximum atomic E-state index is 13.0. The topological polar surface area (TPSA) is 93.8 Å². The monoisotopic (exact) mass is 450 g/mol. The van der Waals surface area contributed by atoms with Crippen molar-refractivity contribution in [2.24, 2.45) is 0 Å². The van der Waals surface area contributed by atoms with Crippen molar-refractivity contribution in [3.63, 3.8) is 0 Å². The van der Waals surface area contributed by atoms with Crippen LogP contribution in [0.2, 0.25) is 0 Å². The normalized spacial score (nSPS) is 13.0. The Morgan fingerprint density at radius 1 is 1.19 bits per heavy atom. The first kappa shape index (κ1) is 23.7. The van der Waals surface area contributed by atoms with Gasteiger partial charge < -0.3 is 23.9 Å². The van der Waals surface area contributed by atoms with E-state index in [1.807, 2.05) is 0 Å². The van der Waals surface area contributed by atoms with E-state index in [4.69, 9.17) is 14.1 Å². The number of pyridine rings is 1. The average Bonchev–Trinajstić information content (AvgIpc) is 3.08. The van der Waals surface area contributed by atoms with Crippen molar-refractivity contribution < 1.29 is 37.1 Å². The van der Waals surface area contributed by atoms with Gasteiger partial charge in [-0.1, -0.05) is 32.3 Å². The van der Waals surface area contributed by atoms with Crippen molar-refractivity contribution in [2.45, 2.75) is 52.5 Å². The van der Waals surface area contributed by atoms with Gasteiger partial charge in [0.2, 0.25) is 5.88 Å². The number of ether oxygens (including phenoxy) is 3. The van der Waals surface area contributed by atoms with E-state index >= 15 is 0 Å². The molecule has 0 unspecified atom stereocenters. The number of unbranched alkanes of at least 4 members (excludes halogenated alkanes) is 3. The van der Waals surface area contributed by atoms with E-state index in [2.05, 4.69) is 16.6 Å². The van der Waals surface area contributed by atoms with E-state index in [1.54, 1.807) is 25.1 Å². The summed E-state index contributed by atoms with van der Waals surface area (Å²) in [5, 5.41) is 19.2. The zero-order chi connectivity index (χ0) is 23.3. The first-order valence-corrected chi connectivity index (χ1v) is 10.2. The van der Waals surface area contributed by atoms with Crippen LogP contribution in [0.15, 0.2) is 18.2 Å². The summed E-state index contributed by atoms with van der Waals surface area (Å²) in [5.41, 5.74) is 1.54. The molecule has 0 bridgehead atoms. The zero-order valence-electron chi connectivity index (χ0n) is 17.7. The number of halogens is 3. The molecule has 0 spiro atoms. The number of fused-ring (bicyclic) bond motifs is 1. The molecule has 2 heterocycles. The number of hydrogen-bond acceptors (Lipinski definition) is 7. The molecule has 0 saturated carbocycles. The van der Waals surface area contributed by atoms with E-state index in [9.17, 15) is 23.5 Å². The lowest BCUT2D eigenvalue weighted by Crippen LogP contribution is -2.28. The fourth-order valence-electron chi connectivity index (χ4n) is 3.20. The molecular formula is C21H22BF3N2O5. The van der Waals surface area contributed by atoms with E-state index in [1.165, 1.54) is 0 Å². The second-order valence-corrected chi connectivity index (χ2v) is 7.30. The molecule has 1 aromatic heterocycles. The molecule has 0 amide bonds. The summed E-state index contributed by atoms with van der Waals surface area (Å²) < 4.78 is 59.3. The molecule has 1 N–H and O–H groups in total. The van der Waals surface area contributed by atoms with Crippen molar-refractivity contribution in [3.8, 4) is 29.3 Å². The Hall–Kier alpha value is -2.97. The van der Waals surface area contributed by atoms with Gasteiger partial charge in [0, 0.05) is 6.07 Å². The third kappa shape index (κ3) is 5.84. The highest BCUT2D eigenvalue weighted by Gasteiger charge is 2.34. The number of nitriles is 1. The molecule has 0 saturated heterocycles. The van der Waals surface area contributed by atoms with Gasteiger partial charge in [0.1, 0.15) is 17.4 Å². The van der Waals surface area contributed by atoms with Crippen LogP contribution in [-0.4, -0.2) is 30.1 Å². The van der Waals surface area contributed by atoms with Crippen molar-refractivity contribution in [1.29, 1.82) is 5.26 Å². The van der Waals surface area contributed by atoms with Crippen LogP contribution in [0.4, 0.5) is 13.2 Å². The maximum Gasteiger partial charge on any atom is 0.573 e. The lowest BCUT2D eigenvalue weighted by atomic mass is 9.79. The molecular weight excluding hydrogens is 428 g/mol. The standard InChI is InChI=1S/C21H22BF3N2O5/c1-3-4-5-6-7-29-19-14(11-26)9-18(32-21(23,24)25)20(27-19)31-17-10-15-12-30-22(28)16(15)8-13(17)2/h8-10,28H,3-7,12H2,1-2H3. The summed E-state index contributed by atoms with van der Waals surface area (Å²) in [4.78, 5) is 4.02. The van der Waals surface area contributed by atoms with Crippen LogP contribution >= 0.6 is 0 Å². The molecule has 3 rings (SSSR count). The molecule has 0 aliphatic carbocycles. The number of aromatic nitrogens is 1. The second kappa shape index (κ2) is 10.1. The fourth-order valence-corrected chi connectivity index (χ4v) is 3.20. The molecule has 0 fully saturated rings. The third-order valence-corrected chi connectivity index (χ3v) is 4.81. The lowest BCUT2D eigenvalue weighted by Gasteiger charge is -2.17. The minimum atomic E-state index is -5.01. The lowest BCUT2D eigenvalue weighted by molar-refractivity contribution is -0.275. The van der Waals surface area contributed by atoms with Gasteiger partial charge in [-0.3, -0.25) is 0 Å². The number of rotatable bonds is 9. The van der Waals surface area contributed by atoms with Gasteiger partial charge >= 0.3 is 13.5 Å². The molecule has 170 valence electrons.